The molecule has 1 aliphatic heterocycles. The molecule has 0 bridgehead atoms. The molecule has 0 aromatic carbocycles. The molecule has 0 spiro atoms. The van der Waals surface area contributed by atoms with Crippen molar-refractivity contribution in [2.75, 3.05) is 13.1 Å². The lowest BCUT2D eigenvalue weighted by Gasteiger charge is -2.27. The number of carbonyl (C=O) groups is 1. The molecule has 0 N–H and O–H groups in total. The van der Waals surface area contributed by atoms with Crippen molar-refractivity contribution in [3.05, 3.63) is 35.4 Å². The largest absolute Gasteiger partial charge is 0.337 e. The third-order valence-electron chi connectivity index (χ3n) is 3.89. The maximum absolute atomic E-state index is 12.7. The van der Waals surface area contributed by atoms with Crippen LogP contribution >= 0.6 is 11.3 Å². The molecule has 2 aromatic heterocycles. The van der Waals surface area contributed by atoms with Gasteiger partial charge in [-0.25, -0.2) is 0 Å². The normalized spacial score (nSPS) is 16.4. The Morgan fingerprint density at radius 3 is 2.90 bits per heavy atom. The smallest absolute Gasteiger partial charge is 0.270 e. The fourth-order valence-electron chi connectivity index (χ4n) is 2.80. The molecule has 3 rings (SSSR count). The van der Waals surface area contributed by atoms with Gasteiger partial charge in [0.1, 0.15) is 10.5 Å². The van der Waals surface area contributed by atoms with Gasteiger partial charge in [-0.3, -0.25) is 4.79 Å². The van der Waals surface area contributed by atoms with E-state index < -0.39 is 0 Å². The highest BCUT2D eigenvalue weighted by Crippen LogP contribution is 2.27. The highest BCUT2D eigenvalue weighted by atomic mass is 32.1. The summed E-state index contributed by atoms with van der Waals surface area (Å²) in [6.45, 7) is 4.60. The van der Waals surface area contributed by atoms with Gasteiger partial charge in [-0.05, 0) is 43.7 Å². The van der Waals surface area contributed by atoms with Crippen molar-refractivity contribution in [2.24, 2.45) is 0 Å². The summed E-state index contributed by atoms with van der Waals surface area (Å²) in [6, 6.07) is 4.14. The number of thiophene rings is 1. The van der Waals surface area contributed by atoms with Crippen molar-refractivity contribution in [2.45, 2.75) is 32.7 Å². The van der Waals surface area contributed by atoms with Crippen LogP contribution in [0.4, 0.5) is 0 Å². The second-order valence-corrected chi connectivity index (χ2v) is 6.14. The minimum atomic E-state index is 0.192. The molecule has 1 amide bonds. The third kappa shape index (κ3) is 2.40. The van der Waals surface area contributed by atoms with E-state index in [4.69, 9.17) is 0 Å². The van der Waals surface area contributed by atoms with E-state index in [0.717, 1.165) is 38.2 Å². The lowest BCUT2D eigenvalue weighted by atomic mass is 10.1. The van der Waals surface area contributed by atoms with Crippen LogP contribution < -0.4 is 0 Å². The molecule has 2 aromatic rings. The predicted molar refractivity (Wildman–Crippen MR) is 84.4 cm³/mol. The standard InChI is InChI=1S/C16H20N2OS/c1-2-3-10-18-14(12-13-7-11-20-16(13)18)15(19)17-8-5-4-6-9-17/h2-3,7,11-12H,4-6,8-10H2,1H3/b3-2-. The number of allylic oxidation sites excluding steroid dienone is 2. The van der Waals surface area contributed by atoms with E-state index in [1.807, 2.05) is 24.0 Å². The fourth-order valence-corrected chi connectivity index (χ4v) is 3.71. The van der Waals surface area contributed by atoms with Gasteiger partial charge in [0.2, 0.25) is 0 Å². The molecule has 0 saturated carbocycles. The topological polar surface area (TPSA) is 25.2 Å². The molecular weight excluding hydrogens is 268 g/mol. The summed E-state index contributed by atoms with van der Waals surface area (Å²) < 4.78 is 2.15. The summed E-state index contributed by atoms with van der Waals surface area (Å²) in [5, 5.41) is 3.27. The number of hydrogen-bond acceptors (Lipinski definition) is 2. The second kappa shape index (κ2) is 5.83. The summed E-state index contributed by atoms with van der Waals surface area (Å²) >= 11 is 1.71. The Labute approximate surface area is 123 Å². The molecule has 4 heteroatoms. The molecule has 3 heterocycles. The van der Waals surface area contributed by atoms with Crippen molar-refractivity contribution in [3.63, 3.8) is 0 Å². The minimum Gasteiger partial charge on any atom is -0.337 e. The van der Waals surface area contributed by atoms with E-state index in [-0.39, 0.29) is 5.91 Å². The Kier molecular flexibility index (Phi) is 3.92. The molecule has 106 valence electrons. The van der Waals surface area contributed by atoms with E-state index in [1.165, 1.54) is 16.6 Å². The first-order valence-corrected chi connectivity index (χ1v) is 8.16. The maximum Gasteiger partial charge on any atom is 0.270 e. The van der Waals surface area contributed by atoms with Crippen LogP contribution in [0.1, 0.15) is 36.7 Å². The van der Waals surface area contributed by atoms with Crippen molar-refractivity contribution in [1.82, 2.24) is 9.47 Å². The SMILES string of the molecule is C/C=C\Cn1c(C(=O)N2CCCCC2)cc2ccsc21. The van der Waals surface area contributed by atoms with E-state index >= 15 is 0 Å². The van der Waals surface area contributed by atoms with Gasteiger partial charge in [-0.15, -0.1) is 11.3 Å². The fraction of sp³-hybridized carbons (Fsp3) is 0.438. The van der Waals surface area contributed by atoms with Gasteiger partial charge in [0.05, 0.1) is 0 Å². The van der Waals surface area contributed by atoms with Gasteiger partial charge in [0.15, 0.2) is 0 Å². The molecule has 0 atom stereocenters. The summed E-state index contributed by atoms with van der Waals surface area (Å²) in [5.74, 6) is 0.192. The van der Waals surface area contributed by atoms with E-state index in [2.05, 4.69) is 22.1 Å². The number of piperidine rings is 1. The summed E-state index contributed by atoms with van der Waals surface area (Å²) in [5.41, 5.74) is 0.840. The number of carbonyl (C=O) groups excluding carboxylic acids is 1. The molecule has 0 radical (unpaired) electrons. The number of aromatic nitrogens is 1. The Hall–Kier alpha value is -1.55. The van der Waals surface area contributed by atoms with Gasteiger partial charge in [0, 0.05) is 25.0 Å². The number of nitrogens with zero attached hydrogens (tertiary/aromatic N) is 2. The van der Waals surface area contributed by atoms with Crippen molar-refractivity contribution in [3.8, 4) is 0 Å². The minimum absolute atomic E-state index is 0.192. The van der Waals surface area contributed by atoms with Crippen molar-refractivity contribution in [1.29, 1.82) is 0 Å². The summed E-state index contributed by atoms with van der Waals surface area (Å²) in [6.07, 6.45) is 7.66. The van der Waals surface area contributed by atoms with Gasteiger partial charge >= 0.3 is 0 Å². The summed E-state index contributed by atoms with van der Waals surface area (Å²) in [7, 11) is 0. The number of likely N-dealkylation sites (tertiary alicyclic amines) is 1. The molecule has 20 heavy (non-hydrogen) atoms. The van der Waals surface area contributed by atoms with Crippen LogP contribution in [0.15, 0.2) is 29.7 Å². The Bertz CT molecular complexity index is 632. The van der Waals surface area contributed by atoms with Crippen LogP contribution in [0.25, 0.3) is 10.2 Å². The zero-order valence-corrected chi connectivity index (χ0v) is 12.7. The zero-order valence-electron chi connectivity index (χ0n) is 11.8. The average Bonchev–Trinajstić information content (AvgIpc) is 3.06. The lowest BCUT2D eigenvalue weighted by Crippen LogP contribution is -2.36. The van der Waals surface area contributed by atoms with E-state index in [9.17, 15) is 4.79 Å². The van der Waals surface area contributed by atoms with Gasteiger partial charge in [-0.1, -0.05) is 12.2 Å². The molecule has 1 saturated heterocycles. The number of amides is 1. The number of fused-ring (bicyclic) bond motifs is 1. The zero-order chi connectivity index (χ0) is 13.9. The van der Waals surface area contributed by atoms with Gasteiger partial charge < -0.3 is 9.47 Å². The molecule has 3 nitrogen and oxygen atoms in total. The van der Waals surface area contributed by atoms with Crippen LogP contribution in [-0.2, 0) is 6.54 Å². The lowest BCUT2D eigenvalue weighted by molar-refractivity contribution is 0.0714. The van der Waals surface area contributed by atoms with E-state index in [0.29, 0.717) is 0 Å². The molecular formula is C16H20N2OS. The first kappa shape index (κ1) is 13.4. The van der Waals surface area contributed by atoms with E-state index in [1.54, 1.807) is 11.3 Å². The monoisotopic (exact) mass is 288 g/mol. The third-order valence-corrected chi connectivity index (χ3v) is 4.84. The Morgan fingerprint density at radius 1 is 1.35 bits per heavy atom. The van der Waals surface area contributed by atoms with Gasteiger partial charge in [0.25, 0.3) is 5.91 Å². The predicted octanol–water partition coefficient (Wildman–Crippen LogP) is 3.91. The van der Waals surface area contributed by atoms with Crippen molar-refractivity contribution >= 4 is 27.5 Å². The van der Waals surface area contributed by atoms with Crippen LogP contribution in [-0.4, -0.2) is 28.5 Å². The first-order valence-electron chi connectivity index (χ1n) is 7.28. The average molecular weight is 288 g/mol. The van der Waals surface area contributed by atoms with Crippen LogP contribution in [0.3, 0.4) is 0 Å². The van der Waals surface area contributed by atoms with Crippen LogP contribution in [0.2, 0.25) is 0 Å². The highest BCUT2D eigenvalue weighted by molar-refractivity contribution is 7.16. The number of hydrogen-bond donors (Lipinski definition) is 0. The quantitative estimate of drug-likeness (QED) is 0.786. The molecule has 1 fully saturated rings. The summed E-state index contributed by atoms with van der Waals surface area (Å²) in [4.78, 5) is 15.9. The maximum atomic E-state index is 12.7. The van der Waals surface area contributed by atoms with Crippen LogP contribution in [0, 0.1) is 0 Å². The first-order chi connectivity index (χ1) is 9.81. The number of rotatable bonds is 3. The highest BCUT2D eigenvalue weighted by Gasteiger charge is 2.22. The molecule has 1 aliphatic rings. The Morgan fingerprint density at radius 2 is 2.15 bits per heavy atom. The Balaban J connectivity index is 1.96. The van der Waals surface area contributed by atoms with Crippen molar-refractivity contribution < 1.29 is 4.79 Å². The molecule has 0 aliphatic carbocycles. The van der Waals surface area contributed by atoms with Crippen LogP contribution in [0.5, 0.6) is 0 Å². The van der Waals surface area contributed by atoms with Gasteiger partial charge in [-0.2, -0.15) is 0 Å². The molecule has 0 unspecified atom stereocenters. The second-order valence-electron chi connectivity index (χ2n) is 5.24.